The van der Waals surface area contributed by atoms with E-state index in [2.05, 4.69) is 5.92 Å². The maximum absolute atomic E-state index is 13.4. The molecule has 0 fully saturated rings. The van der Waals surface area contributed by atoms with E-state index in [9.17, 15) is 4.39 Å². The zero-order valence-electron chi connectivity index (χ0n) is 8.14. The van der Waals surface area contributed by atoms with Gasteiger partial charge in [0, 0.05) is 10.4 Å². The van der Waals surface area contributed by atoms with Crippen LogP contribution in [0.15, 0.2) is 24.3 Å². The molecule has 2 rings (SSSR count). The second kappa shape index (κ2) is 3.56. The van der Waals surface area contributed by atoms with Gasteiger partial charge in [0.2, 0.25) is 0 Å². The van der Waals surface area contributed by atoms with Crippen LogP contribution in [0.25, 0.3) is 10.8 Å². The summed E-state index contributed by atoms with van der Waals surface area (Å²) in [5, 5.41) is 2.27. The summed E-state index contributed by atoms with van der Waals surface area (Å²) < 4.78 is 13.4. The predicted octanol–water partition coefficient (Wildman–Crippen LogP) is 3.92. The lowest BCUT2D eigenvalue weighted by Crippen LogP contribution is -1.89. The number of benzene rings is 2. The van der Waals surface area contributed by atoms with E-state index in [4.69, 9.17) is 18.0 Å². The van der Waals surface area contributed by atoms with Crippen molar-refractivity contribution in [1.82, 2.24) is 0 Å². The topological polar surface area (TPSA) is 0 Å². The molecule has 0 radical (unpaired) electrons. The van der Waals surface area contributed by atoms with E-state index in [1.807, 2.05) is 6.92 Å². The third-order valence-corrected chi connectivity index (χ3v) is 2.59. The average molecular weight is 219 g/mol. The summed E-state index contributed by atoms with van der Waals surface area (Å²) in [5.41, 5.74) is 1.20. The molecule has 0 nitrogen and oxygen atoms in total. The van der Waals surface area contributed by atoms with Crippen LogP contribution < -0.4 is 0 Å². The van der Waals surface area contributed by atoms with Crippen LogP contribution in [-0.2, 0) is 0 Å². The van der Waals surface area contributed by atoms with Crippen molar-refractivity contribution in [3.8, 4) is 12.3 Å². The van der Waals surface area contributed by atoms with E-state index in [0.717, 1.165) is 16.3 Å². The molecular weight excluding hydrogens is 211 g/mol. The molecule has 0 unspecified atom stereocenters. The molecule has 0 heterocycles. The summed E-state index contributed by atoms with van der Waals surface area (Å²) in [6, 6.07) is 6.62. The molecule has 0 aromatic heterocycles. The van der Waals surface area contributed by atoms with Gasteiger partial charge in [0.25, 0.3) is 0 Å². The first kappa shape index (κ1) is 10.0. The lowest BCUT2D eigenvalue weighted by Gasteiger charge is -2.06. The molecule has 0 aliphatic heterocycles. The second-order valence-corrected chi connectivity index (χ2v) is 3.82. The fraction of sp³-hybridized carbons (Fsp3) is 0.0769. The van der Waals surface area contributed by atoms with Crippen LogP contribution in [0.5, 0.6) is 0 Å². The van der Waals surface area contributed by atoms with Crippen molar-refractivity contribution in [1.29, 1.82) is 0 Å². The fourth-order valence-corrected chi connectivity index (χ4v) is 2.03. The van der Waals surface area contributed by atoms with Crippen molar-refractivity contribution in [2.45, 2.75) is 6.92 Å². The molecule has 0 bridgehead atoms. The molecule has 0 N–H and O–H groups in total. The van der Waals surface area contributed by atoms with Gasteiger partial charge in [-0.2, -0.15) is 0 Å². The van der Waals surface area contributed by atoms with E-state index in [1.54, 1.807) is 18.2 Å². The van der Waals surface area contributed by atoms with Gasteiger partial charge in [-0.25, -0.2) is 4.39 Å². The Morgan fingerprint density at radius 2 is 2.07 bits per heavy atom. The normalized spacial score (nSPS) is 10.3. The summed E-state index contributed by atoms with van der Waals surface area (Å²) in [7, 11) is 0. The molecular formula is C13H8ClF. The first-order valence-corrected chi connectivity index (χ1v) is 4.86. The van der Waals surface area contributed by atoms with Crippen molar-refractivity contribution in [3.05, 3.63) is 46.2 Å². The Hall–Kier alpha value is -1.52. The predicted molar refractivity (Wildman–Crippen MR) is 61.6 cm³/mol. The average Bonchev–Trinajstić information content (AvgIpc) is 2.18. The Kier molecular flexibility index (Phi) is 2.38. The minimum Gasteiger partial charge on any atom is -0.206 e. The summed E-state index contributed by atoms with van der Waals surface area (Å²) in [4.78, 5) is 0. The van der Waals surface area contributed by atoms with Crippen LogP contribution in [0.3, 0.4) is 0 Å². The SMILES string of the molecule is C#Cc1c(F)ccc2cc(Cl)cc(C)c12. The first-order valence-electron chi connectivity index (χ1n) is 4.48. The molecule has 0 spiro atoms. The number of terminal acetylenes is 1. The third-order valence-electron chi connectivity index (χ3n) is 2.37. The number of fused-ring (bicyclic) bond motifs is 1. The maximum Gasteiger partial charge on any atom is 0.139 e. The largest absolute Gasteiger partial charge is 0.206 e. The highest BCUT2D eigenvalue weighted by Crippen LogP contribution is 2.27. The van der Waals surface area contributed by atoms with Gasteiger partial charge in [-0.3, -0.25) is 0 Å². The van der Waals surface area contributed by atoms with Crippen molar-refractivity contribution >= 4 is 22.4 Å². The lowest BCUT2D eigenvalue weighted by atomic mass is 10.00. The zero-order valence-corrected chi connectivity index (χ0v) is 8.90. The van der Waals surface area contributed by atoms with Crippen LogP contribution in [0.1, 0.15) is 11.1 Å². The van der Waals surface area contributed by atoms with Crippen molar-refractivity contribution in [2.75, 3.05) is 0 Å². The summed E-state index contributed by atoms with van der Waals surface area (Å²) in [6.07, 6.45) is 5.30. The maximum atomic E-state index is 13.4. The van der Waals surface area contributed by atoms with Gasteiger partial charge in [0.1, 0.15) is 5.82 Å². The van der Waals surface area contributed by atoms with E-state index in [0.29, 0.717) is 10.6 Å². The molecule has 0 aliphatic rings. The lowest BCUT2D eigenvalue weighted by molar-refractivity contribution is 0.626. The molecule has 74 valence electrons. The monoisotopic (exact) mass is 218 g/mol. The van der Waals surface area contributed by atoms with E-state index in [1.165, 1.54) is 6.07 Å². The molecule has 2 aromatic carbocycles. The zero-order chi connectivity index (χ0) is 11.0. The number of rotatable bonds is 0. The quantitative estimate of drug-likeness (QED) is 0.588. The summed E-state index contributed by atoms with van der Waals surface area (Å²) >= 11 is 5.91. The minimum atomic E-state index is -0.365. The van der Waals surface area contributed by atoms with E-state index < -0.39 is 0 Å². The van der Waals surface area contributed by atoms with E-state index in [-0.39, 0.29) is 5.82 Å². The Morgan fingerprint density at radius 1 is 1.33 bits per heavy atom. The highest BCUT2D eigenvalue weighted by atomic mass is 35.5. The Labute approximate surface area is 92.7 Å². The summed E-state index contributed by atoms with van der Waals surface area (Å²) in [6.45, 7) is 1.87. The van der Waals surface area contributed by atoms with Crippen molar-refractivity contribution in [3.63, 3.8) is 0 Å². The van der Waals surface area contributed by atoms with Gasteiger partial charge in [0.05, 0.1) is 5.56 Å². The van der Waals surface area contributed by atoms with Crippen LogP contribution in [-0.4, -0.2) is 0 Å². The van der Waals surface area contributed by atoms with Gasteiger partial charge in [0.15, 0.2) is 0 Å². The number of aryl methyl sites for hydroxylation is 1. The van der Waals surface area contributed by atoms with Crippen molar-refractivity contribution < 1.29 is 4.39 Å². The van der Waals surface area contributed by atoms with Gasteiger partial charge in [-0.1, -0.05) is 23.6 Å². The van der Waals surface area contributed by atoms with Crippen LogP contribution in [0, 0.1) is 25.1 Å². The Balaban J connectivity index is 3.00. The second-order valence-electron chi connectivity index (χ2n) is 3.39. The van der Waals surface area contributed by atoms with Gasteiger partial charge >= 0.3 is 0 Å². The first-order chi connectivity index (χ1) is 7.13. The fourth-order valence-electron chi connectivity index (χ4n) is 1.75. The standard InChI is InChI=1S/C13H8ClF/c1-3-11-12(15)5-4-9-7-10(14)6-8(2)13(9)11/h1,4-7H,2H3. The summed E-state index contributed by atoms with van der Waals surface area (Å²) in [5.74, 6) is 2.02. The molecule has 0 saturated heterocycles. The molecule has 0 atom stereocenters. The van der Waals surface area contributed by atoms with Gasteiger partial charge < -0.3 is 0 Å². The third kappa shape index (κ3) is 1.58. The van der Waals surface area contributed by atoms with Crippen LogP contribution >= 0.6 is 11.6 Å². The Bertz CT molecular complexity index is 579. The minimum absolute atomic E-state index is 0.307. The number of halogens is 2. The highest BCUT2D eigenvalue weighted by Gasteiger charge is 2.08. The molecule has 0 aliphatic carbocycles. The van der Waals surface area contributed by atoms with E-state index >= 15 is 0 Å². The van der Waals surface area contributed by atoms with Gasteiger partial charge in [-0.15, -0.1) is 6.42 Å². The molecule has 0 amide bonds. The molecule has 2 aromatic rings. The smallest absolute Gasteiger partial charge is 0.139 e. The Morgan fingerprint density at radius 3 is 2.73 bits per heavy atom. The van der Waals surface area contributed by atoms with Crippen LogP contribution in [0.4, 0.5) is 4.39 Å². The number of hydrogen-bond donors (Lipinski definition) is 0. The number of hydrogen-bond acceptors (Lipinski definition) is 0. The van der Waals surface area contributed by atoms with Gasteiger partial charge in [-0.05, 0) is 36.1 Å². The molecule has 2 heteroatoms. The van der Waals surface area contributed by atoms with Crippen LogP contribution in [0.2, 0.25) is 5.02 Å². The van der Waals surface area contributed by atoms with Crippen molar-refractivity contribution in [2.24, 2.45) is 0 Å². The molecule has 0 saturated carbocycles. The molecule has 15 heavy (non-hydrogen) atoms. The highest BCUT2D eigenvalue weighted by molar-refractivity contribution is 6.31.